The van der Waals surface area contributed by atoms with Gasteiger partial charge < -0.3 is 9.47 Å². The summed E-state index contributed by atoms with van der Waals surface area (Å²) in [6.07, 6.45) is 3.23. The van der Waals surface area contributed by atoms with Crippen LogP contribution in [0.25, 0.3) is 0 Å². The van der Waals surface area contributed by atoms with Crippen LogP contribution in [0, 0.1) is 0 Å². The van der Waals surface area contributed by atoms with Gasteiger partial charge in [-0.05, 0) is 42.0 Å². The van der Waals surface area contributed by atoms with Crippen LogP contribution >= 0.6 is 0 Å². The molecule has 0 aliphatic heterocycles. The van der Waals surface area contributed by atoms with E-state index in [1.54, 1.807) is 36.6 Å². The van der Waals surface area contributed by atoms with Crippen LogP contribution in [-0.4, -0.2) is 18.7 Å². The minimum Gasteiger partial charge on any atom is -0.490 e. The standard InChI is InChI=1S/C24H22N2O3/c1-2-16-28-22-14-12-20(13-15-22)24(27)26-25-17-21-10-6-7-11-23(21)29-18-19-8-4-3-5-9-19/h2-15,17H,1,16,18H2,(H,26,27)/b25-17+. The molecular formula is C24H22N2O3. The van der Waals surface area contributed by atoms with E-state index in [1.807, 2.05) is 54.6 Å². The highest BCUT2D eigenvalue weighted by atomic mass is 16.5. The first kappa shape index (κ1) is 19.9. The third-order valence-corrected chi connectivity index (χ3v) is 4.01. The van der Waals surface area contributed by atoms with Gasteiger partial charge in [-0.1, -0.05) is 55.1 Å². The number of nitrogens with zero attached hydrogens (tertiary/aromatic N) is 1. The highest BCUT2D eigenvalue weighted by Gasteiger charge is 2.05. The number of hydrogen-bond acceptors (Lipinski definition) is 4. The van der Waals surface area contributed by atoms with E-state index in [0.717, 1.165) is 11.1 Å². The van der Waals surface area contributed by atoms with Gasteiger partial charge in [-0.25, -0.2) is 5.43 Å². The maximum Gasteiger partial charge on any atom is 0.271 e. The zero-order valence-corrected chi connectivity index (χ0v) is 16.0. The quantitative estimate of drug-likeness (QED) is 0.332. The molecule has 0 radical (unpaired) electrons. The van der Waals surface area contributed by atoms with Crippen LogP contribution in [0.1, 0.15) is 21.5 Å². The number of nitrogens with one attached hydrogen (secondary N) is 1. The minimum absolute atomic E-state index is 0.306. The van der Waals surface area contributed by atoms with Crippen molar-refractivity contribution in [2.24, 2.45) is 5.10 Å². The average Bonchev–Trinajstić information content (AvgIpc) is 2.78. The van der Waals surface area contributed by atoms with Crippen molar-refractivity contribution in [1.82, 2.24) is 5.43 Å². The Morgan fingerprint density at radius 3 is 2.41 bits per heavy atom. The Balaban J connectivity index is 1.58. The molecule has 5 heteroatoms. The van der Waals surface area contributed by atoms with E-state index in [0.29, 0.717) is 30.3 Å². The van der Waals surface area contributed by atoms with E-state index in [-0.39, 0.29) is 5.91 Å². The van der Waals surface area contributed by atoms with Gasteiger partial charge in [0.2, 0.25) is 0 Å². The fraction of sp³-hybridized carbons (Fsp3) is 0.0833. The van der Waals surface area contributed by atoms with Crippen LogP contribution in [0.4, 0.5) is 0 Å². The molecular weight excluding hydrogens is 364 g/mol. The van der Waals surface area contributed by atoms with Gasteiger partial charge in [-0.2, -0.15) is 5.10 Å². The first-order valence-electron chi connectivity index (χ1n) is 9.19. The van der Waals surface area contributed by atoms with Gasteiger partial charge in [0.05, 0.1) is 6.21 Å². The van der Waals surface area contributed by atoms with Crippen LogP contribution in [0.2, 0.25) is 0 Å². The second-order valence-electron chi connectivity index (χ2n) is 6.14. The summed E-state index contributed by atoms with van der Waals surface area (Å²) >= 11 is 0. The van der Waals surface area contributed by atoms with Crippen molar-refractivity contribution in [3.8, 4) is 11.5 Å². The van der Waals surface area contributed by atoms with Gasteiger partial charge in [-0.15, -0.1) is 0 Å². The number of carbonyl (C=O) groups excluding carboxylic acids is 1. The summed E-state index contributed by atoms with van der Waals surface area (Å²) in [5.74, 6) is 1.06. The zero-order chi connectivity index (χ0) is 20.3. The number of hydrogen-bond donors (Lipinski definition) is 1. The number of rotatable bonds is 9. The predicted molar refractivity (Wildman–Crippen MR) is 114 cm³/mol. The third kappa shape index (κ3) is 6.07. The molecule has 1 N–H and O–H groups in total. The Morgan fingerprint density at radius 1 is 0.931 bits per heavy atom. The summed E-state index contributed by atoms with van der Waals surface area (Å²) in [6, 6.07) is 24.3. The number of ether oxygens (including phenoxy) is 2. The maximum absolute atomic E-state index is 12.2. The highest BCUT2D eigenvalue weighted by Crippen LogP contribution is 2.17. The number of carbonyl (C=O) groups is 1. The summed E-state index contributed by atoms with van der Waals surface area (Å²) in [6.45, 7) is 4.47. The summed E-state index contributed by atoms with van der Waals surface area (Å²) in [5.41, 5.74) is 4.87. The monoisotopic (exact) mass is 386 g/mol. The van der Waals surface area contributed by atoms with Crippen LogP contribution in [-0.2, 0) is 6.61 Å². The van der Waals surface area contributed by atoms with Crippen molar-refractivity contribution in [1.29, 1.82) is 0 Å². The molecule has 0 aliphatic rings. The zero-order valence-electron chi connectivity index (χ0n) is 16.0. The molecule has 146 valence electrons. The Morgan fingerprint density at radius 2 is 1.66 bits per heavy atom. The first-order chi connectivity index (χ1) is 14.3. The van der Waals surface area contributed by atoms with Gasteiger partial charge in [0.25, 0.3) is 5.91 Å². The summed E-state index contributed by atoms with van der Waals surface area (Å²) < 4.78 is 11.3. The van der Waals surface area contributed by atoms with Gasteiger partial charge in [0.15, 0.2) is 0 Å². The molecule has 0 heterocycles. The molecule has 0 fully saturated rings. The Labute approximate surface area is 170 Å². The van der Waals surface area contributed by atoms with Crippen molar-refractivity contribution in [2.45, 2.75) is 6.61 Å². The minimum atomic E-state index is -0.306. The molecule has 0 saturated heterocycles. The van der Waals surface area contributed by atoms with E-state index < -0.39 is 0 Å². The van der Waals surface area contributed by atoms with Gasteiger partial charge >= 0.3 is 0 Å². The second kappa shape index (κ2) is 10.5. The van der Waals surface area contributed by atoms with E-state index in [9.17, 15) is 4.79 Å². The molecule has 1 amide bonds. The first-order valence-corrected chi connectivity index (χ1v) is 9.19. The molecule has 3 aromatic rings. The summed E-state index contributed by atoms with van der Waals surface area (Å²) in [5, 5.41) is 4.06. The lowest BCUT2D eigenvalue weighted by molar-refractivity contribution is 0.0955. The Kier molecular flexibility index (Phi) is 7.18. The van der Waals surface area contributed by atoms with Crippen LogP contribution in [0.5, 0.6) is 11.5 Å². The lowest BCUT2D eigenvalue weighted by atomic mass is 10.2. The SMILES string of the molecule is C=CCOc1ccc(C(=O)N/N=C/c2ccccc2OCc2ccccc2)cc1. The largest absolute Gasteiger partial charge is 0.490 e. The second-order valence-corrected chi connectivity index (χ2v) is 6.14. The smallest absolute Gasteiger partial charge is 0.271 e. The van der Waals surface area contributed by atoms with Gasteiger partial charge in [0.1, 0.15) is 24.7 Å². The molecule has 0 bridgehead atoms. The molecule has 0 aliphatic carbocycles. The van der Waals surface area contributed by atoms with Crippen molar-refractivity contribution in [3.05, 3.63) is 108 Å². The predicted octanol–water partition coefficient (Wildman–Crippen LogP) is 4.59. The normalized spacial score (nSPS) is 10.5. The average molecular weight is 386 g/mol. The Hall–Kier alpha value is -3.86. The fourth-order valence-corrected chi connectivity index (χ4v) is 2.54. The molecule has 3 rings (SSSR count). The van der Waals surface area contributed by atoms with Crippen molar-refractivity contribution in [3.63, 3.8) is 0 Å². The third-order valence-electron chi connectivity index (χ3n) is 4.01. The van der Waals surface area contributed by atoms with Gasteiger partial charge in [0, 0.05) is 11.1 Å². The van der Waals surface area contributed by atoms with E-state index in [1.165, 1.54) is 0 Å². The summed E-state index contributed by atoms with van der Waals surface area (Å²) in [4.78, 5) is 12.2. The van der Waals surface area contributed by atoms with Gasteiger partial charge in [-0.3, -0.25) is 4.79 Å². The summed E-state index contributed by atoms with van der Waals surface area (Å²) in [7, 11) is 0. The highest BCUT2D eigenvalue weighted by molar-refractivity contribution is 5.95. The lowest BCUT2D eigenvalue weighted by Crippen LogP contribution is -2.17. The van der Waals surface area contributed by atoms with Crippen LogP contribution in [0.3, 0.4) is 0 Å². The topological polar surface area (TPSA) is 59.9 Å². The van der Waals surface area contributed by atoms with Crippen LogP contribution in [0.15, 0.2) is 96.6 Å². The van der Waals surface area contributed by atoms with Crippen LogP contribution < -0.4 is 14.9 Å². The van der Waals surface area contributed by atoms with E-state index in [4.69, 9.17) is 9.47 Å². The molecule has 0 saturated carbocycles. The molecule has 0 atom stereocenters. The molecule has 0 aromatic heterocycles. The molecule has 5 nitrogen and oxygen atoms in total. The molecule has 0 spiro atoms. The van der Waals surface area contributed by atoms with Crippen molar-refractivity contribution >= 4 is 12.1 Å². The number of para-hydroxylation sites is 1. The fourth-order valence-electron chi connectivity index (χ4n) is 2.54. The van der Waals surface area contributed by atoms with E-state index >= 15 is 0 Å². The molecule has 0 unspecified atom stereocenters. The molecule has 3 aromatic carbocycles. The molecule has 29 heavy (non-hydrogen) atoms. The van der Waals surface area contributed by atoms with Crippen molar-refractivity contribution in [2.75, 3.05) is 6.61 Å². The number of amides is 1. The number of benzene rings is 3. The van der Waals surface area contributed by atoms with Crippen molar-refractivity contribution < 1.29 is 14.3 Å². The Bertz CT molecular complexity index is 967. The lowest BCUT2D eigenvalue weighted by Gasteiger charge is -2.09. The number of hydrazone groups is 1. The van der Waals surface area contributed by atoms with E-state index in [2.05, 4.69) is 17.1 Å². The maximum atomic E-state index is 12.2.